The molecule has 2 aromatic rings. The van der Waals surface area contributed by atoms with E-state index in [1.54, 1.807) is 0 Å². The van der Waals surface area contributed by atoms with Crippen LogP contribution in [0.3, 0.4) is 0 Å². The highest BCUT2D eigenvalue weighted by Gasteiger charge is 2.23. The first kappa shape index (κ1) is 14.1. The number of carbonyl (C=O) groups excluding carboxylic acids is 1. The Hall–Kier alpha value is -1.89. The molecule has 0 bridgehead atoms. The van der Waals surface area contributed by atoms with E-state index in [0.717, 1.165) is 18.4 Å². The summed E-state index contributed by atoms with van der Waals surface area (Å²) in [6, 6.07) is 15.0. The van der Waals surface area contributed by atoms with Crippen molar-refractivity contribution in [2.45, 2.75) is 45.4 Å². The Labute approximate surface area is 127 Å². The van der Waals surface area contributed by atoms with Gasteiger partial charge < -0.3 is 0 Å². The van der Waals surface area contributed by atoms with E-state index in [4.69, 9.17) is 0 Å². The highest BCUT2D eigenvalue weighted by atomic mass is 16.1. The molecule has 0 atom stereocenters. The molecule has 1 nitrogen and oxygen atoms in total. The van der Waals surface area contributed by atoms with Crippen LogP contribution in [0.1, 0.15) is 55.1 Å². The van der Waals surface area contributed by atoms with Crippen molar-refractivity contribution < 1.29 is 4.79 Å². The van der Waals surface area contributed by atoms with Crippen LogP contribution < -0.4 is 0 Å². The summed E-state index contributed by atoms with van der Waals surface area (Å²) < 4.78 is 0. The number of rotatable bonds is 3. The molecule has 1 heteroatoms. The lowest BCUT2D eigenvalue weighted by Gasteiger charge is -2.23. The molecular weight excluding hydrogens is 256 g/mol. The normalized spacial score (nSPS) is 14.3. The summed E-state index contributed by atoms with van der Waals surface area (Å²) in [4.78, 5) is 11.9. The topological polar surface area (TPSA) is 17.1 Å². The standard InChI is InChI=1S/C20H22O/c1-4-20(2,3)15-10-8-14(9-11-15)16-6-5-7-18-17(16)12-13-19(18)21/h5-11H,4,12-13H2,1-3H3. The number of fused-ring (bicyclic) bond motifs is 1. The fraction of sp³-hybridized carbons (Fsp3) is 0.350. The molecule has 0 fully saturated rings. The minimum absolute atomic E-state index is 0.215. The number of carbonyl (C=O) groups is 1. The first-order valence-electron chi connectivity index (χ1n) is 7.79. The Morgan fingerprint density at radius 3 is 2.29 bits per heavy atom. The second kappa shape index (κ2) is 5.14. The zero-order valence-electron chi connectivity index (χ0n) is 13.1. The van der Waals surface area contributed by atoms with E-state index in [1.807, 2.05) is 12.1 Å². The van der Waals surface area contributed by atoms with Crippen molar-refractivity contribution in [2.24, 2.45) is 0 Å². The van der Waals surface area contributed by atoms with E-state index >= 15 is 0 Å². The van der Waals surface area contributed by atoms with Gasteiger partial charge in [0.25, 0.3) is 0 Å². The molecule has 0 aliphatic heterocycles. The lowest BCUT2D eigenvalue weighted by molar-refractivity contribution is 0.0994. The van der Waals surface area contributed by atoms with Crippen molar-refractivity contribution in [2.75, 3.05) is 0 Å². The molecule has 1 aliphatic carbocycles. The number of benzene rings is 2. The number of hydrogen-bond donors (Lipinski definition) is 0. The summed E-state index contributed by atoms with van der Waals surface area (Å²) in [5.41, 5.74) is 6.18. The fourth-order valence-electron chi connectivity index (χ4n) is 3.07. The summed E-state index contributed by atoms with van der Waals surface area (Å²) >= 11 is 0. The molecule has 0 N–H and O–H groups in total. The fourth-order valence-corrected chi connectivity index (χ4v) is 3.07. The third kappa shape index (κ3) is 2.42. The third-order valence-corrected chi connectivity index (χ3v) is 4.94. The molecule has 0 unspecified atom stereocenters. The van der Waals surface area contributed by atoms with Gasteiger partial charge in [0.05, 0.1) is 0 Å². The van der Waals surface area contributed by atoms with Crippen LogP contribution in [-0.2, 0) is 11.8 Å². The zero-order chi connectivity index (χ0) is 15.0. The molecule has 108 valence electrons. The monoisotopic (exact) mass is 278 g/mol. The van der Waals surface area contributed by atoms with Gasteiger partial charge in [0.2, 0.25) is 0 Å². The summed E-state index contributed by atoms with van der Waals surface area (Å²) in [7, 11) is 0. The minimum Gasteiger partial charge on any atom is -0.294 e. The molecule has 0 spiro atoms. The van der Waals surface area contributed by atoms with E-state index in [0.29, 0.717) is 6.42 Å². The second-order valence-electron chi connectivity index (χ2n) is 6.57. The first-order chi connectivity index (χ1) is 10.0. The highest BCUT2D eigenvalue weighted by Crippen LogP contribution is 2.34. The van der Waals surface area contributed by atoms with Crippen LogP contribution >= 0.6 is 0 Å². The number of Topliss-reactive ketones (excluding diaryl/α,β-unsaturated/α-hetero) is 1. The summed E-state index contributed by atoms with van der Waals surface area (Å²) in [6.07, 6.45) is 2.67. The van der Waals surface area contributed by atoms with E-state index < -0.39 is 0 Å². The average molecular weight is 278 g/mol. The molecule has 3 rings (SSSR count). The van der Waals surface area contributed by atoms with Gasteiger partial charge in [-0.1, -0.05) is 63.2 Å². The molecule has 0 saturated heterocycles. The van der Waals surface area contributed by atoms with Crippen molar-refractivity contribution >= 4 is 5.78 Å². The molecule has 2 aromatic carbocycles. The van der Waals surface area contributed by atoms with Crippen molar-refractivity contribution in [3.63, 3.8) is 0 Å². The average Bonchev–Trinajstić information content (AvgIpc) is 2.89. The van der Waals surface area contributed by atoms with Crippen molar-refractivity contribution in [1.29, 1.82) is 0 Å². The maximum atomic E-state index is 11.9. The summed E-state index contributed by atoms with van der Waals surface area (Å²) in [5.74, 6) is 0.288. The van der Waals surface area contributed by atoms with Crippen LogP contribution in [0, 0.1) is 0 Å². The minimum atomic E-state index is 0.215. The van der Waals surface area contributed by atoms with Crippen LogP contribution in [0.2, 0.25) is 0 Å². The van der Waals surface area contributed by atoms with Gasteiger partial charge >= 0.3 is 0 Å². The summed E-state index contributed by atoms with van der Waals surface area (Å²) in [5, 5.41) is 0. The Morgan fingerprint density at radius 1 is 0.952 bits per heavy atom. The molecule has 0 radical (unpaired) electrons. The van der Waals surface area contributed by atoms with Gasteiger partial charge in [0.15, 0.2) is 5.78 Å². The molecule has 1 aliphatic rings. The van der Waals surface area contributed by atoms with Crippen LogP contribution in [-0.4, -0.2) is 5.78 Å². The van der Waals surface area contributed by atoms with Crippen LogP contribution in [0.4, 0.5) is 0 Å². The van der Waals surface area contributed by atoms with E-state index in [-0.39, 0.29) is 11.2 Å². The Balaban J connectivity index is 2.02. The van der Waals surface area contributed by atoms with Crippen LogP contribution in [0.15, 0.2) is 42.5 Å². The van der Waals surface area contributed by atoms with Crippen molar-refractivity contribution in [3.05, 3.63) is 59.2 Å². The van der Waals surface area contributed by atoms with E-state index in [2.05, 4.69) is 51.1 Å². The lowest BCUT2D eigenvalue weighted by Crippen LogP contribution is -2.14. The molecule has 0 aromatic heterocycles. The van der Waals surface area contributed by atoms with Crippen LogP contribution in [0.25, 0.3) is 11.1 Å². The van der Waals surface area contributed by atoms with Gasteiger partial charge in [-0.3, -0.25) is 4.79 Å². The molecule has 21 heavy (non-hydrogen) atoms. The van der Waals surface area contributed by atoms with E-state index in [9.17, 15) is 4.79 Å². The van der Waals surface area contributed by atoms with Crippen LogP contribution in [0.5, 0.6) is 0 Å². The quantitative estimate of drug-likeness (QED) is 0.757. The van der Waals surface area contributed by atoms with Gasteiger partial charge in [0.1, 0.15) is 0 Å². The van der Waals surface area contributed by atoms with Gasteiger partial charge in [-0.2, -0.15) is 0 Å². The van der Waals surface area contributed by atoms with Gasteiger partial charge in [-0.25, -0.2) is 0 Å². The smallest absolute Gasteiger partial charge is 0.163 e. The van der Waals surface area contributed by atoms with Crippen molar-refractivity contribution in [1.82, 2.24) is 0 Å². The zero-order valence-corrected chi connectivity index (χ0v) is 13.1. The predicted molar refractivity (Wildman–Crippen MR) is 87.8 cm³/mol. The predicted octanol–water partition coefficient (Wildman–Crippen LogP) is 5.17. The van der Waals surface area contributed by atoms with Gasteiger partial charge in [-0.05, 0) is 40.5 Å². The molecule has 0 amide bonds. The Bertz CT molecular complexity index is 677. The third-order valence-electron chi connectivity index (χ3n) is 4.94. The largest absolute Gasteiger partial charge is 0.294 e. The second-order valence-corrected chi connectivity index (χ2v) is 6.57. The molecular formula is C20H22O. The first-order valence-corrected chi connectivity index (χ1v) is 7.79. The SMILES string of the molecule is CCC(C)(C)c1ccc(-c2cccc3c2CCC3=O)cc1. The number of hydrogen-bond acceptors (Lipinski definition) is 1. The maximum Gasteiger partial charge on any atom is 0.163 e. The van der Waals surface area contributed by atoms with Gasteiger partial charge in [-0.15, -0.1) is 0 Å². The van der Waals surface area contributed by atoms with E-state index in [1.165, 1.54) is 22.3 Å². The van der Waals surface area contributed by atoms with Crippen molar-refractivity contribution in [3.8, 4) is 11.1 Å². The Morgan fingerprint density at radius 2 is 1.62 bits per heavy atom. The molecule has 0 saturated carbocycles. The Kier molecular flexibility index (Phi) is 3.44. The maximum absolute atomic E-state index is 11.9. The van der Waals surface area contributed by atoms with Gasteiger partial charge in [0, 0.05) is 12.0 Å². The number of ketones is 1. The lowest BCUT2D eigenvalue weighted by atomic mass is 9.81. The highest BCUT2D eigenvalue weighted by molar-refractivity contribution is 6.02. The molecule has 0 heterocycles. The summed E-state index contributed by atoms with van der Waals surface area (Å²) in [6.45, 7) is 6.78.